The summed E-state index contributed by atoms with van der Waals surface area (Å²) in [6.45, 7) is 0. The maximum Gasteiger partial charge on any atom is 0.335 e. The number of hydrogen-bond acceptors (Lipinski definition) is 6. The lowest BCUT2D eigenvalue weighted by molar-refractivity contribution is -0.290. The van der Waals surface area contributed by atoms with E-state index in [0.29, 0.717) is 0 Å². The van der Waals surface area contributed by atoms with E-state index in [0.717, 1.165) is 0 Å². The van der Waals surface area contributed by atoms with E-state index in [1.807, 2.05) is 0 Å². The third kappa shape index (κ3) is 2.27. The summed E-state index contributed by atoms with van der Waals surface area (Å²) in [7, 11) is 2.47. The molecule has 3 N–H and O–H groups in total. The minimum absolute atomic E-state index is 1.12. The van der Waals surface area contributed by atoms with E-state index in [2.05, 4.69) is 0 Å². The highest BCUT2D eigenvalue weighted by Gasteiger charge is 2.48. The van der Waals surface area contributed by atoms with Crippen LogP contribution >= 0.6 is 0 Å². The molecule has 1 rings (SSSR count). The van der Waals surface area contributed by atoms with E-state index in [4.69, 9.17) is 19.3 Å². The summed E-state index contributed by atoms with van der Waals surface area (Å²) in [5.41, 5.74) is 0. The van der Waals surface area contributed by atoms with Crippen molar-refractivity contribution in [3.05, 3.63) is 0 Å². The zero-order valence-corrected chi connectivity index (χ0v) is 8.36. The van der Waals surface area contributed by atoms with Gasteiger partial charge in [-0.05, 0) is 0 Å². The third-order valence-corrected chi connectivity index (χ3v) is 2.29. The van der Waals surface area contributed by atoms with E-state index >= 15 is 0 Å². The zero-order valence-electron chi connectivity index (χ0n) is 8.36. The Morgan fingerprint density at radius 2 is 1.80 bits per heavy atom. The first-order valence-corrected chi connectivity index (χ1v) is 4.33. The number of carbonyl (C=O) groups is 1. The van der Waals surface area contributed by atoms with Gasteiger partial charge in [0.2, 0.25) is 0 Å². The van der Waals surface area contributed by atoms with Crippen LogP contribution in [0.15, 0.2) is 0 Å². The molecule has 0 aliphatic carbocycles. The van der Waals surface area contributed by atoms with Crippen molar-refractivity contribution in [2.24, 2.45) is 0 Å². The molecule has 0 spiro atoms. The van der Waals surface area contributed by atoms with Crippen LogP contribution < -0.4 is 0 Å². The second-order valence-electron chi connectivity index (χ2n) is 3.18. The van der Waals surface area contributed by atoms with Crippen molar-refractivity contribution in [3.8, 4) is 0 Å². The molecule has 5 atom stereocenters. The molecular formula is C8H14O7. The normalized spacial score (nSPS) is 41.5. The molecule has 0 bridgehead atoms. The zero-order chi connectivity index (χ0) is 11.6. The van der Waals surface area contributed by atoms with Gasteiger partial charge in [-0.15, -0.1) is 0 Å². The van der Waals surface area contributed by atoms with Gasteiger partial charge in [0.25, 0.3) is 0 Å². The molecule has 7 nitrogen and oxygen atoms in total. The molecule has 1 saturated heterocycles. The van der Waals surface area contributed by atoms with Crippen molar-refractivity contribution in [3.63, 3.8) is 0 Å². The van der Waals surface area contributed by atoms with Crippen molar-refractivity contribution in [1.29, 1.82) is 0 Å². The van der Waals surface area contributed by atoms with Crippen molar-refractivity contribution in [2.75, 3.05) is 14.2 Å². The van der Waals surface area contributed by atoms with E-state index in [1.165, 1.54) is 14.2 Å². The molecule has 0 aromatic carbocycles. The number of carboxylic acid groups (broad SMARTS) is 1. The van der Waals surface area contributed by atoms with E-state index < -0.39 is 36.7 Å². The molecule has 0 amide bonds. The highest BCUT2D eigenvalue weighted by Crippen LogP contribution is 2.23. The number of aliphatic hydroxyl groups is 2. The van der Waals surface area contributed by atoms with Crippen LogP contribution in [0.2, 0.25) is 0 Å². The Kier molecular flexibility index (Phi) is 4.00. The molecule has 1 fully saturated rings. The Morgan fingerprint density at radius 1 is 1.20 bits per heavy atom. The lowest BCUT2D eigenvalue weighted by Gasteiger charge is -2.39. The molecule has 1 heterocycles. The molecule has 1 aliphatic rings. The largest absolute Gasteiger partial charge is 0.479 e. The minimum atomic E-state index is -1.37. The summed E-state index contributed by atoms with van der Waals surface area (Å²) in [5, 5.41) is 27.8. The average molecular weight is 222 g/mol. The van der Waals surface area contributed by atoms with Crippen molar-refractivity contribution >= 4 is 5.97 Å². The van der Waals surface area contributed by atoms with Crippen molar-refractivity contribution in [2.45, 2.75) is 30.7 Å². The van der Waals surface area contributed by atoms with Gasteiger partial charge in [-0.25, -0.2) is 4.79 Å². The second-order valence-corrected chi connectivity index (χ2v) is 3.18. The Morgan fingerprint density at radius 3 is 2.20 bits per heavy atom. The van der Waals surface area contributed by atoms with Gasteiger partial charge in [-0.3, -0.25) is 0 Å². The monoisotopic (exact) mass is 222 g/mol. The average Bonchev–Trinajstić information content (AvgIpc) is 2.21. The molecule has 1 aliphatic heterocycles. The number of rotatable bonds is 3. The highest BCUT2D eigenvalue weighted by atomic mass is 16.7. The van der Waals surface area contributed by atoms with Crippen LogP contribution in [0.25, 0.3) is 0 Å². The van der Waals surface area contributed by atoms with Gasteiger partial charge in [0, 0.05) is 14.2 Å². The summed E-state index contributed by atoms with van der Waals surface area (Å²) in [4.78, 5) is 10.8. The summed E-state index contributed by atoms with van der Waals surface area (Å²) in [5.74, 6) is -1.28. The van der Waals surface area contributed by atoms with Gasteiger partial charge in [0.15, 0.2) is 12.4 Å². The number of aliphatic hydroxyl groups excluding tert-OH is 2. The van der Waals surface area contributed by atoms with E-state index in [-0.39, 0.29) is 0 Å². The Labute approximate surface area is 86.2 Å². The van der Waals surface area contributed by atoms with Crippen LogP contribution in [0.3, 0.4) is 0 Å². The number of ether oxygens (including phenoxy) is 3. The van der Waals surface area contributed by atoms with E-state index in [1.54, 1.807) is 0 Å². The predicted octanol–water partition coefficient (Wildman–Crippen LogP) is -1.82. The fraction of sp³-hybridized carbons (Fsp3) is 0.875. The first-order valence-electron chi connectivity index (χ1n) is 4.33. The summed E-state index contributed by atoms with van der Waals surface area (Å²) in [6, 6.07) is 0. The summed E-state index contributed by atoms with van der Waals surface area (Å²) >= 11 is 0. The Bertz CT molecular complexity index is 231. The van der Waals surface area contributed by atoms with Crippen molar-refractivity contribution < 1.29 is 34.3 Å². The first-order chi connectivity index (χ1) is 7.02. The maximum atomic E-state index is 10.8. The molecule has 88 valence electrons. The molecule has 15 heavy (non-hydrogen) atoms. The summed E-state index contributed by atoms with van der Waals surface area (Å²) in [6.07, 6.45) is -6.36. The lowest BCUT2D eigenvalue weighted by Crippen LogP contribution is -2.60. The van der Waals surface area contributed by atoms with Gasteiger partial charge < -0.3 is 29.5 Å². The van der Waals surface area contributed by atoms with Crippen LogP contribution in [-0.4, -0.2) is 66.2 Å². The van der Waals surface area contributed by atoms with Gasteiger partial charge >= 0.3 is 5.97 Å². The van der Waals surface area contributed by atoms with Crippen LogP contribution in [-0.2, 0) is 19.0 Å². The molecule has 0 aromatic heterocycles. The lowest BCUT2D eigenvalue weighted by atomic mass is 9.99. The predicted molar refractivity (Wildman–Crippen MR) is 46.1 cm³/mol. The van der Waals surface area contributed by atoms with Crippen LogP contribution in [0.4, 0.5) is 0 Å². The van der Waals surface area contributed by atoms with Crippen LogP contribution in [0.1, 0.15) is 0 Å². The number of carboxylic acids is 1. The quantitative estimate of drug-likeness (QED) is 0.516. The maximum absolute atomic E-state index is 10.8. The number of methoxy groups -OCH3 is 2. The Balaban J connectivity index is 2.84. The molecule has 0 saturated carbocycles. The first kappa shape index (κ1) is 12.3. The SMILES string of the molecule is CO[C@H]1O[C@H](C(=O)O)[C@@H](OC)[C@H](O)[C@H]1O. The smallest absolute Gasteiger partial charge is 0.335 e. The van der Waals surface area contributed by atoms with Gasteiger partial charge in [-0.2, -0.15) is 0 Å². The molecule has 0 aromatic rings. The van der Waals surface area contributed by atoms with Crippen LogP contribution in [0.5, 0.6) is 0 Å². The second kappa shape index (κ2) is 4.86. The van der Waals surface area contributed by atoms with Crippen LogP contribution in [0, 0.1) is 0 Å². The Hall–Kier alpha value is -0.730. The minimum Gasteiger partial charge on any atom is -0.479 e. The van der Waals surface area contributed by atoms with Gasteiger partial charge in [-0.1, -0.05) is 0 Å². The molecule has 0 radical (unpaired) electrons. The molecular weight excluding hydrogens is 208 g/mol. The standard InChI is InChI=1S/C8H14O7/c1-13-5-3(9)4(10)8(14-2)15-6(5)7(11)12/h3-6,8-10H,1-2H3,(H,11,12)/t3-,4-,5+,6+,8+/m1/s1. The van der Waals surface area contributed by atoms with Gasteiger partial charge in [0.05, 0.1) is 0 Å². The topological polar surface area (TPSA) is 105 Å². The van der Waals surface area contributed by atoms with Crippen molar-refractivity contribution in [1.82, 2.24) is 0 Å². The molecule has 7 heteroatoms. The third-order valence-electron chi connectivity index (χ3n) is 2.29. The highest BCUT2D eigenvalue weighted by molar-refractivity contribution is 5.73. The number of hydrogen-bond donors (Lipinski definition) is 3. The van der Waals surface area contributed by atoms with Gasteiger partial charge in [0.1, 0.15) is 18.3 Å². The summed E-state index contributed by atoms with van der Waals surface area (Å²) < 4.78 is 14.4. The molecule has 0 unspecified atom stereocenters. The fourth-order valence-electron chi connectivity index (χ4n) is 1.49. The van der Waals surface area contributed by atoms with E-state index in [9.17, 15) is 15.0 Å². The number of aliphatic carboxylic acids is 1. The fourth-order valence-corrected chi connectivity index (χ4v) is 1.49.